The first-order valence-corrected chi connectivity index (χ1v) is 11.7. The van der Waals surface area contributed by atoms with Gasteiger partial charge in [-0.15, -0.1) is 0 Å². The summed E-state index contributed by atoms with van der Waals surface area (Å²) in [6, 6.07) is 14.9. The molecule has 6 heteroatoms. The van der Waals surface area contributed by atoms with Gasteiger partial charge in [0.2, 0.25) is 0 Å². The summed E-state index contributed by atoms with van der Waals surface area (Å²) in [7, 11) is 0. The van der Waals surface area contributed by atoms with Gasteiger partial charge in [0.25, 0.3) is 0 Å². The van der Waals surface area contributed by atoms with Gasteiger partial charge in [-0.25, -0.2) is 9.98 Å². The second kappa shape index (κ2) is 10.5. The molecule has 0 amide bonds. The van der Waals surface area contributed by atoms with Gasteiger partial charge in [-0.1, -0.05) is 24.3 Å². The Morgan fingerprint density at radius 2 is 1.90 bits per heavy atom. The number of nitrogens with zero attached hydrogens (tertiary/aromatic N) is 3. The molecule has 0 spiro atoms. The molecule has 1 saturated heterocycles. The molecule has 2 aromatic rings. The average Bonchev–Trinajstić information content (AvgIpc) is 3.62. The highest BCUT2D eigenvalue weighted by Crippen LogP contribution is 2.30. The Morgan fingerprint density at radius 3 is 2.65 bits per heavy atom. The Bertz CT molecular complexity index is 872. The molecule has 0 unspecified atom stereocenters. The monoisotopic (exact) mass is 421 g/mol. The van der Waals surface area contributed by atoms with Crippen LogP contribution in [0.15, 0.2) is 47.5 Å². The quantitative estimate of drug-likeness (QED) is 0.500. The molecule has 6 nitrogen and oxygen atoms in total. The normalized spacial score (nSPS) is 17.5. The Balaban J connectivity index is 1.32. The lowest BCUT2D eigenvalue weighted by atomic mass is 10.1. The van der Waals surface area contributed by atoms with Gasteiger partial charge >= 0.3 is 0 Å². The summed E-state index contributed by atoms with van der Waals surface area (Å²) in [6.45, 7) is 8.45. The van der Waals surface area contributed by atoms with E-state index >= 15 is 0 Å². The van der Waals surface area contributed by atoms with Crippen LogP contribution in [-0.2, 0) is 6.54 Å². The third kappa shape index (κ3) is 6.36. The van der Waals surface area contributed by atoms with Gasteiger partial charge in [0.1, 0.15) is 11.6 Å². The minimum atomic E-state index is 0.417. The summed E-state index contributed by atoms with van der Waals surface area (Å²) >= 11 is 0. The number of aryl methyl sites for hydroxylation is 1. The number of hydrogen-bond donors (Lipinski definition) is 2. The number of piperidine rings is 1. The molecule has 2 aliphatic rings. The van der Waals surface area contributed by atoms with Gasteiger partial charge in [0.15, 0.2) is 5.96 Å². The molecule has 2 fully saturated rings. The molecule has 1 aromatic heterocycles. The molecule has 1 aliphatic carbocycles. The van der Waals surface area contributed by atoms with Crippen LogP contribution in [0.1, 0.15) is 43.9 Å². The number of rotatable bonds is 8. The summed E-state index contributed by atoms with van der Waals surface area (Å²) in [6.07, 6.45) is 4.74. The molecule has 2 N–H and O–H groups in total. The minimum Gasteiger partial charge on any atom is -0.493 e. The zero-order valence-corrected chi connectivity index (χ0v) is 18.8. The van der Waals surface area contributed by atoms with Crippen molar-refractivity contribution >= 4 is 11.8 Å². The number of guanidine groups is 1. The van der Waals surface area contributed by atoms with Crippen molar-refractivity contribution in [1.82, 2.24) is 15.6 Å². The molecule has 166 valence electrons. The van der Waals surface area contributed by atoms with E-state index in [0.717, 1.165) is 73.8 Å². The predicted molar refractivity (Wildman–Crippen MR) is 127 cm³/mol. The molecule has 2 heterocycles. The SMILES string of the molecule is CCNC(=NCc1ccccc1OCC1CC1)NC1CCN(c2cccc(C)n2)CC1. The lowest BCUT2D eigenvalue weighted by Gasteiger charge is -2.34. The summed E-state index contributed by atoms with van der Waals surface area (Å²) in [5, 5.41) is 7.04. The van der Waals surface area contributed by atoms with Gasteiger partial charge < -0.3 is 20.3 Å². The third-order valence-electron chi connectivity index (χ3n) is 5.93. The number of pyridine rings is 1. The van der Waals surface area contributed by atoms with Crippen LogP contribution in [-0.4, -0.2) is 43.2 Å². The molecular formula is C25H35N5O. The van der Waals surface area contributed by atoms with Crippen molar-refractivity contribution in [2.75, 3.05) is 31.1 Å². The first kappa shape index (κ1) is 21.5. The van der Waals surface area contributed by atoms with E-state index in [1.54, 1.807) is 0 Å². The molecule has 1 aromatic carbocycles. The lowest BCUT2D eigenvalue weighted by Crippen LogP contribution is -2.48. The lowest BCUT2D eigenvalue weighted by molar-refractivity contribution is 0.297. The average molecular weight is 422 g/mol. The summed E-state index contributed by atoms with van der Waals surface area (Å²) in [4.78, 5) is 11.9. The number of anilines is 1. The maximum absolute atomic E-state index is 6.04. The fourth-order valence-electron chi connectivity index (χ4n) is 3.90. The predicted octanol–water partition coefficient (Wildman–Crippen LogP) is 3.90. The van der Waals surface area contributed by atoms with Crippen molar-refractivity contribution in [3.05, 3.63) is 53.7 Å². The van der Waals surface area contributed by atoms with E-state index in [1.807, 2.05) is 19.1 Å². The molecule has 0 bridgehead atoms. The van der Waals surface area contributed by atoms with Gasteiger partial charge in [-0.3, -0.25) is 0 Å². The van der Waals surface area contributed by atoms with Gasteiger partial charge in [-0.2, -0.15) is 0 Å². The number of aliphatic imine (C=N–C) groups is 1. The van der Waals surface area contributed by atoms with Gasteiger partial charge in [0.05, 0.1) is 13.2 Å². The first-order chi connectivity index (χ1) is 15.2. The van der Waals surface area contributed by atoms with E-state index in [4.69, 9.17) is 9.73 Å². The van der Waals surface area contributed by atoms with Crippen molar-refractivity contribution in [2.24, 2.45) is 10.9 Å². The van der Waals surface area contributed by atoms with E-state index < -0.39 is 0 Å². The number of nitrogens with one attached hydrogen (secondary N) is 2. The van der Waals surface area contributed by atoms with Crippen molar-refractivity contribution in [2.45, 2.75) is 52.1 Å². The number of aromatic nitrogens is 1. The van der Waals surface area contributed by atoms with Crippen LogP contribution in [0.3, 0.4) is 0 Å². The van der Waals surface area contributed by atoms with Crippen molar-refractivity contribution in [1.29, 1.82) is 0 Å². The summed E-state index contributed by atoms with van der Waals surface area (Å²) in [5.41, 5.74) is 2.21. The van der Waals surface area contributed by atoms with Gasteiger partial charge in [-0.05, 0) is 63.6 Å². The van der Waals surface area contributed by atoms with Crippen LogP contribution in [0.5, 0.6) is 5.75 Å². The van der Waals surface area contributed by atoms with Crippen molar-refractivity contribution in [3.63, 3.8) is 0 Å². The smallest absolute Gasteiger partial charge is 0.191 e. The Kier molecular flexibility index (Phi) is 7.28. The van der Waals surface area contributed by atoms with Gasteiger partial charge in [0, 0.05) is 36.9 Å². The van der Waals surface area contributed by atoms with Crippen LogP contribution in [0.2, 0.25) is 0 Å². The molecule has 31 heavy (non-hydrogen) atoms. The molecule has 4 rings (SSSR count). The second-order valence-electron chi connectivity index (χ2n) is 8.60. The van der Waals surface area contributed by atoms with Crippen LogP contribution in [0, 0.1) is 12.8 Å². The first-order valence-electron chi connectivity index (χ1n) is 11.7. The summed E-state index contributed by atoms with van der Waals surface area (Å²) in [5.74, 6) is 3.68. The second-order valence-corrected chi connectivity index (χ2v) is 8.60. The molecule has 0 atom stereocenters. The Hall–Kier alpha value is -2.76. The number of hydrogen-bond acceptors (Lipinski definition) is 4. The zero-order chi connectivity index (χ0) is 21.5. The van der Waals surface area contributed by atoms with Crippen LogP contribution >= 0.6 is 0 Å². The number of para-hydroxylation sites is 1. The standard InChI is InChI=1S/C25H35N5O/c1-3-26-25(27-17-21-8-4-5-9-23(21)31-18-20-11-12-20)29-22-13-15-30(16-14-22)24-10-6-7-19(2)28-24/h4-10,20,22H,3,11-18H2,1-2H3,(H2,26,27,29). The minimum absolute atomic E-state index is 0.417. The van der Waals surface area contributed by atoms with Crippen LogP contribution < -0.4 is 20.3 Å². The fourth-order valence-corrected chi connectivity index (χ4v) is 3.90. The fraction of sp³-hybridized carbons (Fsp3) is 0.520. The van der Waals surface area contributed by atoms with E-state index in [-0.39, 0.29) is 0 Å². The number of benzene rings is 1. The number of ether oxygens (including phenoxy) is 1. The van der Waals surface area contributed by atoms with Crippen LogP contribution in [0.25, 0.3) is 0 Å². The third-order valence-corrected chi connectivity index (χ3v) is 5.93. The Labute approximate surface area is 186 Å². The Morgan fingerprint density at radius 1 is 1.10 bits per heavy atom. The van der Waals surface area contributed by atoms with E-state index in [0.29, 0.717) is 12.6 Å². The summed E-state index contributed by atoms with van der Waals surface area (Å²) < 4.78 is 6.04. The van der Waals surface area contributed by atoms with Crippen LogP contribution in [0.4, 0.5) is 5.82 Å². The topological polar surface area (TPSA) is 61.8 Å². The van der Waals surface area contributed by atoms with E-state index in [2.05, 4.69) is 57.8 Å². The highest BCUT2D eigenvalue weighted by atomic mass is 16.5. The molecule has 1 saturated carbocycles. The van der Waals surface area contributed by atoms with E-state index in [9.17, 15) is 0 Å². The largest absolute Gasteiger partial charge is 0.493 e. The highest BCUT2D eigenvalue weighted by molar-refractivity contribution is 5.80. The maximum Gasteiger partial charge on any atom is 0.191 e. The maximum atomic E-state index is 6.04. The molecule has 0 radical (unpaired) electrons. The van der Waals surface area contributed by atoms with Crippen molar-refractivity contribution in [3.8, 4) is 5.75 Å². The molecule has 1 aliphatic heterocycles. The zero-order valence-electron chi connectivity index (χ0n) is 18.8. The molecular weight excluding hydrogens is 386 g/mol. The van der Waals surface area contributed by atoms with Crippen molar-refractivity contribution < 1.29 is 4.74 Å². The van der Waals surface area contributed by atoms with E-state index in [1.165, 1.54) is 12.8 Å². The highest BCUT2D eigenvalue weighted by Gasteiger charge is 2.23.